The summed E-state index contributed by atoms with van der Waals surface area (Å²) in [7, 11) is 0. The third-order valence-electron chi connectivity index (χ3n) is 3.01. The van der Waals surface area contributed by atoms with Crippen LogP contribution in [-0.2, 0) is 0 Å². The summed E-state index contributed by atoms with van der Waals surface area (Å²) in [4.78, 5) is 2.47. The Kier molecular flexibility index (Phi) is 4.05. The summed E-state index contributed by atoms with van der Waals surface area (Å²) in [6.45, 7) is 4.25. The molecule has 1 aliphatic heterocycles. The molecule has 0 unspecified atom stereocenters. The molecule has 1 fully saturated rings. The Balaban J connectivity index is 1.69. The molecule has 2 rings (SSSR count). The predicted octanol–water partition coefficient (Wildman–Crippen LogP) is 2.13. The van der Waals surface area contributed by atoms with Crippen molar-refractivity contribution in [3.63, 3.8) is 0 Å². The van der Waals surface area contributed by atoms with E-state index in [4.69, 9.17) is 10.5 Å². The fourth-order valence-electron chi connectivity index (χ4n) is 2.04. The van der Waals surface area contributed by atoms with Crippen LogP contribution in [0, 0.1) is 0 Å². The molecule has 0 saturated carbocycles. The third-order valence-corrected chi connectivity index (χ3v) is 3.01. The Morgan fingerprint density at radius 1 is 1.06 bits per heavy atom. The first-order valence-electron chi connectivity index (χ1n) is 6.05. The zero-order valence-corrected chi connectivity index (χ0v) is 9.69. The van der Waals surface area contributed by atoms with Crippen LogP contribution >= 0.6 is 0 Å². The highest BCUT2D eigenvalue weighted by Gasteiger charge is 2.09. The number of ether oxygens (including phenoxy) is 1. The highest BCUT2D eigenvalue weighted by molar-refractivity contribution is 5.41. The summed E-state index contributed by atoms with van der Waals surface area (Å²) in [5.41, 5.74) is 6.39. The number of rotatable bonds is 4. The third kappa shape index (κ3) is 3.42. The Morgan fingerprint density at radius 2 is 1.75 bits per heavy atom. The van der Waals surface area contributed by atoms with Crippen LogP contribution < -0.4 is 10.5 Å². The SMILES string of the molecule is Nc1ccc(OCCN2CCCCC2)cc1. The Labute approximate surface area is 97.2 Å². The van der Waals surface area contributed by atoms with Crippen molar-refractivity contribution >= 4 is 5.69 Å². The molecule has 0 spiro atoms. The van der Waals surface area contributed by atoms with Crippen molar-refractivity contribution in [3.05, 3.63) is 24.3 Å². The minimum atomic E-state index is 0.768. The van der Waals surface area contributed by atoms with Gasteiger partial charge in [0.2, 0.25) is 0 Å². The highest BCUT2D eigenvalue weighted by atomic mass is 16.5. The maximum atomic E-state index is 5.67. The molecular formula is C13H20N2O. The van der Waals surface area contributed by atoms with E-state index < -0.39 is 0 Å². The maximum absolute atomic E-state index is 5.67. The van der Waals surface area contributed by atoms with Crippen molar-refractivity contribution in [3.8, 4) is 5.75 Å². The second-order valence-corrected chi connectivity index (χ2v) is 4.32. The van der Waals surface area contributed by atoms with Crippen molar-refractivity contribution in [2.75, 3.05) is 32.0 Å². The fourth-order valence-corrected chi connectivity index (χ4v) is 2.04. The van der Waals surface area contributed by atoms with E-state index in [9.17, 15) is 0 Å². The van der Waals surface area contributed by atoms with E-state index in [0.717, 1.165) is 24.6 Å². The van der Waals surface area contributed by atoms with E-state index in [1.54, 1.807) is 0 Å². The molecule has 0 radical (unpaired) electrons. The number of anilines is 1. The predicted molar refractivity (Wildman–Crippen MR) is 66.6 cm³/mol. The average molecular weight is 220 g/mol. The van der Waals surface area contributed by atoms with Gasteiger partial charge in [0.25, 0.3) is 0 Å². The lowest BCUT2D eigenvalue weighted by Crippen LogP contribution is -2.33. The molecule has 1 heterocycles. The van der Waals surface area contributed by atoms with E-state index in [0.29, 0.717) is 0 Å². The minimum Gasteiger partial charge on any atom is -0.492 e. The summed E-state index contributed by atoms with van der Waals surface area (Å²) in [5, 5.41) is 0. The van der Waals surface area contributed by atoms with Crippen LogP contribution in [0.3, 0.4) is 0 Å². The first-order valence-corrected chi connectivity index (χ1v) is 6.05. The second kappa shape index (κ2) is 5.75. The van der Waals surface area contributed by atoms with Crippen LogP contribution in [0.5, 0.6) is 5.75 Å². The summed E-state index contributed by atoms with van der Waals surface area (Å²) in [6, 6.07) is 7.59. The van der Waals surface area contributed by atoms with Crippen LogP contribution in [0.25, 0.3) is 0 Å². The van der Waals surface area contributed by atoms with E-state index in [2.05, 4.69) is 4.90 Å². The molecule has 3 heteroatoms. The average Bonchev–Trinajstić information content (AvgIpc) is 2.33. The van der Waals surface area contributed by atoms with Crippen LogP contribution in [0.1, 0.15) is 19.3 Å². The summed E-state index contributed by atoms with van der Waals surface area (Å²) in [5.74, 6) is 0.909. The number of hydrogen-bond donors (Lipinski definition) is 1. The van der Waals surface area contributed by atoms with Crippen molar-refractivity contribution in [1.29, 1.82) is 0 Å². The topological polar surface area (TPSA) is 38.5 Å². The molecule has 1 saturated heterocycles. The van der Waals surface area contributed by atoms with Crippen molar-refractivity contribution in [2.45, 2.75) is 19.3 Å². The van der Waals surface area contributed by atoms with Crippen molar-refractivity contribution < 1.29 is 4.74 Å². The number of benzene rings is 1. The van der Waals surface area contributed by atoms with E-state index in [1.807, 2.05) is 24.3 Å². The Hall–Kier alpha value is -1.22. The molecule has 88 valence electrons. The molecule has 1 aromatic carbocycles. The van der Waals surface area contributed by atoms with Gasteiger partial charge in [0.15, 0.2) is 0 Å². The van der Waals surface area contributed by atoms with Gasteiger partial charge in [-0.2, -0.15) is 0 Å². The molecule has 0 aliphatic carbocycles. The molecule has 0 bridgehead atoms. The number of nitrogens with two attached hydrogens (primary N) is 1. The zero-order chi connectivity index (χ0) is 11.2. The molecule has 1 aliphatic rings. The Morgan fingerprint density at radius 3 is 2.44 bits per heavy atom. The van der Waals surface area contributed by atoms with Gasteiger partial charge in [0, 0.05) is 12.2 Å². The summed E-state index contributed by atoms with van der Waals surface area (Å²) in [6.07, 6.45) is 4.05. The highest BCUT2D eigenvalue weighted by Crippen LogP contribution is 2.13. The summed E-state index contributed by atoms with van der Waals surface area (Å²) < 4.78 is 5.67. The Bertz CT molecular complexity index is 304. The van der Waals surface area contributed by atoms with Gasteiger partial charge in [-0.25, -0.2) is 0 Å². The van der Waals surface area contributed by atoms with Crippen LogP contribution in [-0.4, -0.2) is 31.1 Å². The molecule has 0 atom stereocenters. The molecule has 16 heavy (non-hydrogen) atoms. The smallest absolute Gasteiger partial charge is 0.119 e. The lowest BCUT2D eigenvalue weighted by Gasteiger charge is -2.26. The van der Waals surface area contributed by atoms with Gasteiger partial charge < -0.3 is 10.5 Å². The number of nitrogen functional groups attached to an aromatic ring is 1. The van der Waals surface area contributed by atoms with E-state index >= 15 is 0 Å². The van der Waals surface area contributed by atoms with Gasteiger partial charge in [-0.1, -0.05) is 6.42 Å². The second-order valence-electron chi connectivity index (χ2n) is 4.32. The van der Waals surface area contributed by atoms with Crippen molar-refractivity contribution in [2.24, 2.45) is 0 Å². The van der Waals surface area contributed by atoms with Crippen molar-refractivity contribution in [1.82, 2.24) is 4.90 Å². The lowest BCUT2D eigenvalue weighted by molar-refractivity contribution is 0.183. The molecule has 0 aromatic heterocycles. The van der Waals surface area contributed by atoms with Gasteiger partial charge in [0.1, 0.15) is 12.4 Å². The number of nitrogens with zero attached hydrogens (tertiary/aromatic N) is 1. The van der Waals surface area contributed by atoms with Crippen LogP contribution in [0.2, 0.25) is 0 Å². The maximum Gasteiger partial charge on any atom is 0.119 e. The number of likely N-dealkylation sites (tertiary alicyclic amines) is 1. The van der Waals surface area contributed by atoms with Gasteiger partial charge >= 0.3 is 0 Å². The molecule has 2 N–H and O–H groups in total. The minimum absolute atomic E-state index is 0.768. The first kappa shape index (κ1) is 11.3. The molecular weight excluding hydrogens is 200 g/mol. The van der Waals surface area contributed by atoms with Gasteiger partial charge in [-0.3, -0.25) is 4.90 Å². The largest absolute Gasteiger partial charge is 0.492 e. The number of piperidine rings is 1. The van der Waals surface area contributed by atoms with E-state index in [-0.39, 0.29) is 0 Å². The molecule has 1 aromatic rings. The van der Waals surface area contributed by atoms with Gasteiger partial charge in [0.05, 0.1) is 0 Å². The standard InChI is InChI=1S/C13H20N2O/c14-12-4-6-13(7-5-12)16-11-10-15-8-2-1-3-9-15/h4-7H,1-3,8-11,14H2. The quantitative estimate of drug-likeness (QED) is 0.790. The van der Waals surface area contributed by atoms with Crippen LogP contribution in [0.4, 0.5) is 5.69 Å². The number of hydrogen-bond acceptors (Lipinski definition) is 3. The summed E-state index contributed by atoms with van der Waals surface area (Å²) >= 11 is 0. The lowest BCUT2D eigenvalue weighted by atomic mass is 10.1. The monoisotopic (exact) mass is 220 g/mol. The fraction of sp³-hybridized carbons (Fsp3) is 0.538. The molecule has 0 amide bonds. The zero-order valence-electron chi connectivity index (χ0n) is 9.69. The first-order chi connectivity index (χ1) is 7.84. The van der Waals surface area contributed by atoms with Crippen LogP contribution in [0.15, 0.2) is 24.3 Å². The normalized spacial score (nSPS) is 17.2. The van der Waals surface area contributed by atoms with E-state index in [1.165, 1.54) is 32.4 Å². The molecule has 3 nitrogen and oxygen atoms in total. The van der Waals surface area contributed by atoms with Gasteiger partial charge in [-0.15, -0.1) is 0 Å². The van der Waals surface area contributed by atoms with Gasteiger partial charge in [-0.05, 0) is 50.2 Å².